The minimum Gasteiger partial charge on any atom is -0.481 e. The molecular formula is C15H16N2O3. The van der Waals surface area contributed by atoms with Gasteiger partial charge in [-0.3, -0.25) is 9.59 Å². The molecule has 0 aromatic heterocycles. The zero-order valence-corrected chi connectivity index (χ0v) is 10.9. The van der Waals surface area contributed by atoms with Gasteiger partial charge < -0.3 is 16.2 Å². The van der Waals surface area contributed by atoms with E-state index in [-0.39, 0.29) is 18.7 Å². The molecule has 0 saturated heterocycles. The number of hydrogen-bond acceptors (Lipinski definition) is 3. The molecule has 0 fully saturated rings. The first-order chi connectivity index (χ1) is 9.56. The Kier molecular flexibility index (Phi) is 4.32. The number of carboxylic acids is 1. The number of carbonyl (C=O) groups excluding carboxylic acids is 1. The van der Waals surface area contributed by atoms with E-state index < -0.39 is 12.0 Å². The Balaban J connectivity index is 2.03. The molecule has 0 heterocycles. The normalized spacial score (nSPS) is 12.1. The first-order valence-electron chi connectivity index (χ1n) is 6.33. The lowest BCUT2D eigenvalue weighted by Gasteiger charge is -2.11. The minimum atomic E-state index is -0.959. The number of nitrogens with one attached hydrogen (secondary N) is 1. The highest BCUT2D eigenvalue weighted by atomic mass is 16.4. The molecule has 2 aromatic carbocycles. The number of hydrogen-bond donors (Lipinski definition) is 3. The summed E-state index contributed by atoms with van der Waals surface area (Å²) in [5.74, 6) is -1.33. The Bertz CT molecular complexity index is 640. The third-order valence-corrected chi connectivity index (χ3v) is 3.02. The van der Waals surface area contributed by atoms with Gasteiger partial charge >= 0.3 is 5.97 Å². The summed E-state index contributed by atoms with van der Waals surface area (Å²) in [7, 11) is 0. The first-order valence-corrected chi connectivity index (χ1v) is 6.33. The van der Waals surface area contributed by atoms with Crippen molar-refractivity contribution in [2.45, 2.75) is 18.9 Å². The van der Waals surface area contributed by atoms with E-state index in [2.05, 4.69) is 5.32 Å². The molecule has 0 saturated carbocycles. The predicted octanol–water partition coefficient (Wildman–Crippen LogP) is 1.97. The van der Waals surface area contributed by atoms with Crippen LogP contribution in [0.1, 0.15) is 12.8 Å². The van der Waals surface area contributed by atoms with Crippen molar-refractivity contribution in [1.82, 2.24) is 0 Å². The third kappa shape index (κ3) is 3.55. The van der Waals surface area contributed by atoms with Gasteiger partial charge in [-0.1, -0.05) is 30.3 Å². The van der Waals surface area contributed by atoms with Crippen LogP contribution >= 0.6 is 0 Å². The van der Waals surface area contributed by atoms with Crippen LogP contribution in [0.2, 0.25) is 0 Å². The summed E-state index contributed by atoms with van der Waals surface area (Å²) in [5.41, 5.74) is 6.30. The molecule has 20 heavy (non-hydrogen) atoms. The van der Waals surface area contributed by atoms with E-state index in [4.69, 9.17) is 10.8 Å². The molecule has 1 amide bonds. The second-order valence-electron chi connectivity index (χ2n) is 4.59. The second-order valence-corrected chi connectivity index (χ2v) is 4.59. The average Bonchev–Trinajstić information content (AvgIpc) is 2.44. The zero-order valence-electron chi connectivity index (χ0n) is 10.9. The smallest absolute Gasteiger partial charge is 0.303 e. The predicted molar refractivity (Wildman–Crippen MR) is 77.4 cm³/mol. The highest BCUT2D eigenvalue weighted by Crippen LogP contribution is 2.19. The monoisotopic (exact) mass is 272 g/mol. The van der Waals surface area contributed by atoms with E-state index in [1.807, 2.05) is 36.4 Å². The van der Waals surface area contributed by atoms with Crippen molar-refractivity contribution >= 4 is 28.3 Å². The SMILES string of the molecule is N[C@@H](CCC(=O)O)C(=O)Nc1ccc2ccccc2c1. The Morgan fingerprint density at radius 3 is 2.55 bits per heavy atom. The van der Waals surface area contributed by atoms with Crippen LogP contribution in [0.3, 0.4) is 0 Å². The summed E-state index contributed by atoms with van der Waals surface area (Å²) in [6, 6.07) is 12.6. The van der Waals surface area contributed by atoms with E-state index in [1.165, 1.54) is 0 Å². The van der Waals surface area contributed by atoms with Gasteiger partial charge in [-0.2, -0.15) is 0 Å². The van der Waals surface area contributed by atoms with Crippen LogP contribution in [0.5, 0.6) is 0 Å². The van der Waals surface area contributed by atoms with Gasteiger partial charge in [-0.25, -0.2) is 0 Å². The van der Waals surface area contributed by atoms with Gasteiger partial charge in [0, 0.05) is 12.1 Å². The maximum atomic E-state index is 11.8. The fourth-order valence-corrected chi connectivity index (χ4v) is 1.91. The van der Waals surface area contributed by atoms with Crippen molar-refractivity contribution < 1.29 is 14.7 Å². The standard InChI is InChI=1S/C15H16N2O3/c16-13(7-8-14(18)19)15(20)17-12-6-5-10-3-1-2-4-11(10)9-12/h1-6,9,13H,7-8,16H2,(H,17,20)(H,18,19)/t13-/m0/s1. The van der Waals surface area contributed by atoms with Crippen LogP contribution in [-0.2, 0) is 9.59 Å². The molecule has 0 bridgehead atoms. The molecule has 0 radical (unpaired) electrons. The topological polar surface area (TPSA) is 92.4 Å². The molecule has 4 N–H and O–H groups in total. The fraction of sp³-hybridized carbons (Fsp3) is 0.200. The lowest BCUT2D eigenvalue weighted by molar-refractivity contribution is -0.137. The summed E-state index contributed by atoms with van der Waals surface area (Å²) in [6.07, 6.45) is 0.00105. The van der Waals surface area contributed by atoms with Crippen molar-refractivity contribution in [3.05, 3.63) is 42.5 Å². The lowest BCUT2D eigenvalue weighted by atomic mass is 10.1. The summed E-state index contributed by atoms with van der Waals surface area (Å²) < 4.78 is 0. The molecular weight excluding hydrogens is 256 g/mol. The van der Waals surface area contributed by atoms with Gasteiger partial charge in [0.2, 0.25) is 5.91 Å². The molecule has 1 atom stereocenters. The summed E-state index contributed by atoms with van der Waals surface area (Å²) >= 11 is 0. The lowest BCUT2D eigenvalue weighted by Crippen LogP contribution is -2.36. The molecule has 2 aromatic rings. The van der Waals surface area contributed by atoms with Gasteiger partial charge in [0.1, 0.15) is 0 Å². The number of benzene rings is 2. The van der Waals surface area contributed by atoms with Crippen LogP contribution in [0.25, 0.3) is 10.8 Å². The summed E-state index contributed by atoms with van der Waals surface area (Å²) in [4.78, 5) is 22.3. The largest absolute Gasteiger partial charge is 0.481 e. The molecule has 0 aliphatic heterocycles. The van der Waals surface area contributed by atoms with Crippen LogP contribution < -0.4 is 11.1 Å². The van der Waals surface area contributed by atoms with Crippen molar-refractivity contribution in [2.24, 2.45) is 5.73 Å². The van der Waals surface area contributed by atoms with Crippen LogP contribution in [0, 0.1) is 0 Å². The third-order valence-electron chi connectivity index (χ3n) is 3.02. The average molecular weight is 272 g/mol. The van der Waals surface area contributed by atoms with E-state index in [0.29, 0.717) is 5.69 Å². The quantitative estimate of drug-likeness (QED) is 0.775. The molecule has 2 rings (SSSR count). The number of carbonyl (C=O) groups is 2. The molecule has 5 heteroatoms. The molecule has 0 unspecified atom stereocenters. The van der Waals surface area contributed by atoms with Crippen LogP contribution in [0.15, 0.2) is 42.5 Å². The maximum absolute atomic E-state index is 11.8. The van der Waals surface area contributed by atoms with E-state index >= 15 is 0 Å². The molecule has 0 spiro atoms. The van der Waals surface area contributed by atoms with Gasteiger partial charge in [-0.05, 0) is 29.3 Å². The fourth-order valence-electron chi connectivity index (χ4n) is 1.91. The van der Waals surface area contributed by atoms with Crippen molar-refractivity contribution in [2.75, 3.05) is 5.32 Å². The van der Waals surface area contributed by atoms with Crippen LogP contribution in [0.4, 0.5) is 5.69 Å². The minimum absolute atomic E-state index is 0.119. The molecule has 5 nitrogen and oxygen atoms in total. The highest BCUT2D eigenvalue weighted by Gasteiger charge is 2.15. The van der Waals surface area contributed by atoms with Gasteiger partial charge in [0.05, 0.1) is 6.04 Å². The molecule has 0 aliphatic carbocycles. The summed E-state index contributed by atoms with van der Waals surface area (Å²) in [6.45, 7) is 0. The maximum Gasteiger partial charge on any atom is 0.303 e. The van der Waals surface area contributed by atoms with Crippen molar-refractivity contribution in [3.63, 3.8) is 0 Å². The van der Waals surface area contributed by atoms with Crippen molar-refractivity contribution in [1.29, 1.82) is 0 Å². The van der Waals surface area contributed by atoms with E-state index in [1.54, 1.807) is 6.07 Å². The van der Waals surface area contributed by atoms with Gasteiger partial charge in [0.15, 0.2) is 0 Å². The van der Waals surface area contributed by atoms with E-state index in [9.17, 15) is 9.59 Å². The second kappa shape index (κ2) is 6.16. The van der Waals surface area contributed by atoms with Gasteiger partial charge in [-0.15, -0.1) is 0 Å². The number of nitrogens with two attached hydrogens (primary N) is 1. The Morgan fingerprint density at radius 2 is 1.85 bits per heavy atom. The highest BCUT2D eigenvalue weighted by molar-refractivity contribution is 5.97. The first kappa shape index (κ1) is 14.0. The summed E-state index contributed by atoms with van der Waals surface area (Å²) in [5, 5.41) is 13.4. The van der Waals surface area contributed by atoms with E-state index in [0.717, 1.165) is 10.8 Å². The molecule has 0 aliphatic rings. The Labute approximate surface area is 116 Å². The number of anilines is 1. The van der Waals surface area contributed by atoms with Gasteiger partial charge in [0.25, 0.3) is 0 Å². The zero-order chi connectivity index (χ0) is 14.5. The number of fused-ring (bicyclic) bond motifs is 1. The number of amides is 1. The number of aliphatic carboxylic acids is 1. The Morgan fingerprint density at radius 1 is 1.15 bits per heavy atom. The van der Waals surface area contributed by atoms with Crippen molar-refractivity contribution in [3.8, 4) is 0 Å². The number of carboxylic acid groups (broad SMARTS) is 1. The molecule has 104 valence electrons. The Hall–Kier alpha value is -2.40. The van der Waals surface area contributed by atoms with Crippen LogP contribution in [-0.4, -0.2) is 23.0 Å². The number of rotatable bonds is 5.